The molecule has 4 rings (SSSR count). The topological polar surface area (TPSA) is 86.8 Å². The van der Waals surface area contributed by atoms with Crippen molar-refractivity contribution in [2.24, 2.45) is 0 Å². The van der Waals surface area contributed by atoms with Crippen molar-refractivity contribution >= 4 is 40.9 Å². The maximum absolute atomic E-state index is 13.6. The number of halogens is 3. The van der Waals surface area contributed by atoms with E-state index in [-0.39, 0.29) is 21.8 Å². The summed E-state index contributed by atoms with van der Waals surface area (Å²) in [6.07, 6.45) is -0.449. The zero-order valence-corrected chi connectivity index (χ0v) is 18.1. The molecule has 1 heterocycles. The number of hydrogen-bond acceptors (Lipinski definition) is 4. The van der Waals surface area contributed by atoms with E-state index in [0.717, 1.165) is 34.2 Å². The number of imide groups is 1. The Balaban J connectivity index is 1.68. The number of carbonyl (C=O) groups is 4. The van der Waals surface area contributed by atoms with Crippen molar-refractivity contribution in [3.63, 3.8) is 0 Å². The van der Waals surface area contributed by atoms with E-state index >= 15 is 0 Å². The highest BCUT2D eigenvalue weighted by atomic mass is 35.5. The fraction of sp³-hybridized carbons (Fsp3) is 0.0833. The minimum Gasteiger partial charge on any atom is -0.274 e. The molecular weight excluding hydrogens is 468 g/mol. The van der Waals surface area contributed by atoms with Crippen molar-refractivity contribution in [1.82, 2.24) is 10.4 Å². The van der Waals surface area contributed by atoms with Crippen LogP contribution in [-0.4, -0.2) is 34.7 Å². The Morgan fingerprint density at radius 1 is 0.941 bits per heavy atom. The van der Waals surface area contributed by atoms with Crippen molar-refractivity contribution in [1.29, 1.82) is 0 Å². The molecule has 1 aliphatic heterocycles. The lowest BCUT2D eigenvalue weighted by atomic mass is 10.1. The minimum absolute atomic E-state index is 0.0208. The van der Waals surface area contributed by atoms with Crippen molar-refractivity contribution in [2.45, 2.75) is 12.5 Å². The molecular formula is C24H16ClF2N3O4. The average molecular weight is 484 g/mol. The van der Waals surface area contributed by atoms with Crippen LogP contribution in [-0.2, 0) is 9.59 Å². The molecule has 0 saturated carbocycles. The Kier molecular flexibility index (Phi) is 6.38. The molecule has 0 aliphatic carbocycles. The van der Waals surface area contributed by atoms with E-state index in [0.29, 0.717) is 0 Å². The molecule has 10 heteroatoms. The van der Waals surface area contributed by atoms with E-state index in [4.69, 9.17) is 11.6 Å². The summed E-state index contributed by atoms with van der Waals surface area (Å²) in [6, 6.07) is 14.5. The largest absolute Gasteiger partial charge is 0.274 e. The second kappa shape index (κ2) is 9.40. The van der Waals surface area contributed by atoms with Gasteiger partial charge in [0.2, 0.25) is 5.91 Å². The number of rotatable bonds is 4. The number of hydrazine groups is 1. The van der Waals surface area contributed by atoms with Crippen LogP contribution in [0.3, 0.4) is 0 Å². The quantitative estimate of drug-likeness (QED) is 0.452. The summed E-state index contributed by atoms with van der Waals surface area (Å²) in [4.78, 5) is 52.7. The SMILES string of the molecule is O=C(NN(C(=O)c1ccccc1)C1CC(=O)N(c2ccc(F)c(Cl)c2)C1=O)c1cccc(F)c1. The molecule has 3 aromatic rings. The minimum atomic E-state index is -1.40. The van der Waals surface area contributed by atoms with Gasteiger partial charge < -0.3 is 0 Å². The second-order valence-corrected chi connectivity index (χ2v) is 7.79. The summed E-state index contributed by atoms with van der Waals surface area (Å²) >= 11 is 5.79. The lowest BCUT2D eigenvalue weighted by Crippen LogP contribution is -2.54. The molecule has 1 saturated heterocycles. The van der Waals surface area contributed by atoms with Crippen LogP contribution < -0.4 is 10.3 Å². The molecule has 172 valence electrons. The first kappa shape index (κ1) is 23.1. The van der Waals surface area contributed by atoms with E-state index in [2.05, 4.69) is 5.43 Å². The zero-order valence-electron chi connectivity index (χ0n) is 17.4. The molecule has 0 bridgehead atoms. The first-order valence-electron chi connectivity index (χ1n) is 10.0. The molecule has 7 nitrogen and oxygen atoms in total. The summed E-state index contributed by atoms with van der Waals surface area (Å²) < 4.78 is 27.2. The number of benzene rings is 3. The van der Waals surface area contributed by atoms with Gasteiger partial charge in [-0.15, -0.1) is 0 Å². The van der Waals surface area contributed by atoms with E-state index in [1.165, 1.54) is 30.3 Å². The molecule has 0 aromatic heterocycles. The smallest absolute Gasteiger partial charge is 0.273 e. The van der Waals surface area contributed by atoms with Gasteiger partial charge in [-0.3, -0.25) is 24.6 Å². The van der Waals surface area contributed by atoms with Gasteiger partial charge in [-0.25, -0.2) is 18.7 Å². The van der Waals surface area contributed by atoms with Gasteiger partial charge in [0.25, 0.3) is 17.7 Å². The number of carbonyl (C=O) groups excluding carboxylic acids is 4. The molecule has 4 amide bonds. The van der Waals surface area contributed by atoms with Gasteiger partial charge in [-0.2, -0.15) is 0 Å². The van der Waals surface area contributed by atoms with E-state index in [1.807, 2.05) is 0 Å². The van der Waals surface area contributed by atoms with Crippen LogP contribution >= 0.6 is 11.6 Å². The van der Waals surface area contributed by atoms with E-state index in [1.54, 1.807) is 18.2 Å². The van der Waals surface area contributed by atoms with Gasteiger partial charge in [0.05, 0.1) is 17.1 Å². The number of amides is 4. The third-order valence-electron chi connectivity index (χ3n) is 5.14. The monoisotopic (exact) mass is 483 g/mol. The van der Waals surface area contributed by atoms with Crippen LogP contribution in [0.15, 0.2) is 72.8 Å². The lowest BCUT2D eigenvalue weighted by Gasteiger charge is -2.28. The second-order valence-electron chi connectivity index (χ2n) is 7.38. The summed E-state index contributed by atoms with van der Waals surface area (Å²) in [6.45, 7) is 0. The first-order valence-corrected chi connectivity index (χ1v) is 10.4. The average Bonchev–Trinajstić information content (AvgIpc) is 3.12. The molecule has 1 unspecified atom stereocenters. The molecule has 34 heavy (non-hydrogen) atoms. The van der Waals surface area contributed by atoms with Crippen molar-refractivity contribution in [3.05, 3.63) is 101 Å². The highest BCUT2D eigenvalue weighted by molar-refractivity contribution is 6.31. The Hall–Kier alpha value is -4.11. The van der Waals surface area contributed by atoms with E-state index < -0.39 is 47.7 Å². The lowest BCUT2D eigenvalue weighted by molar-refractivity contribution is -0.122. The summed E-state index contributed by atoms with van der Waals surface area (Å²) in [5, 5.41) is 0.465. The fourth-order valence-corrected chi connectivity index (χ4v) is 3.68. The third-order valence-corrected chi connectivity index (χ3v) is 5.43. The Labute approximate surface area is 197 Å². The molecule has 1 fully saturated rings. The van der Waals surface area contributed by atoms with Crippen LogP contribution in [0.4, 0.5) is 14.5 Å². The predicted octanol–water partition coefficient (Wildman–Crippen LogP) is 3.74. The van der Waals surface area contributed by atoms with Gasteiger partial charge >= 0.3 is 0 Å². The highest BCUT2D eigenvalue weighted by Gasteiger charge is 2.45. The molecule has 3 aromatic carbocycles. The zero-order chi connectivity index (χ0) is 24.4. The van der Waals surface area contributed by atoms with Gasteiger partial charge in [-0.1, -0.05) is 35.9 Å². The molecule has 0 spiro atoms. The Morgan fingerprint density at radius 3 is 2.32 bits per heavy atom. The van der Waals surface area contributed by atoms with Gasteiger partial charge in [-0.05, 0) is 48.5 Å². The maximum atomic E-state index is 13.6. The first-order chi connectivity index (χ1) is 16.3. The molecule has 0 radical (unpaired) electrons. The van der Waals surface area contributed by atoms with Crippen molar-refractivity contribution in [3.8, 4) is 0 Å². The summed E-state index contributed by atoms with van der Waals surface area (Å²) in [7, 11) is 0. The van der Waals surface area contributed by atoms with Gasteiger partial charge in [0.15, 0.2) is 0 Å². The van der Waals surface area contributed by atoms with Crippen molar-refractivity contribution in [2.75, 3.05) is 4.90 Å². The number of nitrogens with zero attached hydrogens (tertiary/aromatic N) is 2. The van der Waals surface area contributed by atoms with E-state index in [9.17, 15) is 28.0 Å². The van der Waals surface area contributed by atoms with Crippen LogP contribution in [0, 0.1) is 11.6 Å². The summed E-state index contributed by atoms with van der Waals surface area (Å²) in [5.74, 6) is -4.51. The third kappa shape index (κ3) is 4.51. The van der Waals surface area contributed by atoms with Crippen LogP contribution in [0.1, 0.15) is 27.1 Å². The Morgan fingerprint density at radius 2 is 1.65 bits per heavy atom. The maximum Gasteiger partial charge on any atom is 0.273 e. The Bertz CT molecular complexity index is 1300. The molecule has 1 atom stereocenters. The van der Waals surface area contributed by atoms with Gasteiger partial charge in [0, 0.05) is 11.1 Å². The number of anilines is 1. The number of hydrogen-bond donors (Lipinski definition) is 1. The van der Waals surface area contributed by atoms with Crippen LogP contribution in [0.5, 0.6) is 0 Å². The normalized spacial score (nSPS) is 15.4. The fourth-order valence-electron chi connectivity index (χ4n) is 3.51. The number of nitrogens with one attached hydrogen (secondary N) is 1. The molecule has 1 aliphatic rings. The predicted molar refractivity (Wildman–Crippen MR) is 119 cm³/mol. The van der Waals surface area contributed by atoms with Crippen molar-refractivity contribution < 1.29 is 28.0 Å². The highest BCUT2D eigenvalue weighted by Crippen LogP contribution is 2.29. The standard InChI is InChI=1S/C24H16ClF2N3O4/c25-18-12-17(9-10-19(18)27)29-21(31)13-20(24(29)34)30(23(33)14-5-2-1-3-6-14)28-22(32)15-7-4-8-16(26)11-15/h1-12,20H,13H2,(H,28,32). The summed E-state index contributed by atoms with van der Waals surface area (Å²) in [5.41, 5.74) is 2.41. The van der Waals surface area contributed by atoms with Crippen LogP contribution in [0.25, 0.3) is 0 Å². The molecule has 1 N–H and O–H groups in total. The van der Waals surface area contributed by atoms with Gasteiger partial charge in [0.1, 0.15) is 17.7 Å². The van der Waals surface area contributed by atoms with Crippen LogP contribution in [0.2, 0.25) is 5.02 Å².